The fraction of sp³-hybridized carbons (Fsp3) is 0.308. The molecular formula is C13H15N3. The van der Waals surface area contributed by atoms with E-state index in [0.29, 0.717) is 0 Å². The highest BCUT2D eigenvalue weighted by atomic mass is 14.9. The van der Waals surface area contributed by atoms with E-state index in [0.717, 1.165) is 35.8 Å². The first kappa shape index (κ1) is 10.7. The third-order valence-electron chi connectivity index (χ3n) is 2.35. The van der Waals surface area contributed by atoms with Crippen molar-refractivity contribution in [2.75, 3.05) is 0 Å². The van der Waals surface area contributed by atoms with Crippen LogP contribution in [0.25, 0.3) is 5.70 Å². The van der Waals surface area contributed by atoms with Gasteiger partial charge in [-0.1, -0.05) is 12.2 Å². The summed E-state index contributed by atoms with van der Waals surface area (Å²) in [7, 11) is 0. The van der Waals surface area contributed by atoms with E-state index in [1.54, 1.807) is 6.20 Å². The van der Waals surface area contributed by atoms with Crippen LogP contribution in [0.4, 0.5) is 0 Å². The second kappa shape index (κ2) is 4.84. The zero-order chi connectivity index (χ0) is 11.4. The van der Waals surface area contributed by atoms with Crippen molar-refractivity contribution in [1.29, 1.82) is 0 Å². The molecule has 0 fully saturated rings. The van der Waals surface area contributed by atoms with E-state index in [-0.39, 0.29) is 0 Å². The Hall–Kier alpha value is -1.77. The van der Waals surface area contributed by atoms with Gasteiger partial charge in [0.1, 0.15) is 5.70 Å². The van der Waals surface area contributed by atoms with Crippen LogP contribution in [0.5, 0.6) is 0 Å². The molecule has 0 radical (unpaired) electrons. The lowest BCUT2D eigenvalue weighted by molar-refractivity contribution is 1.02. The van der Waals surface area contributed by atoms with Gasteiger partial charge in [-0.05, 0) is 38.8 Å². The van der Waals surface area contributed by atoms with Gasteiger partial charge in [0, 0.05) is 17.6 Å². The maximum Gasteiger partial charge on any atom is 0.178 e. The minimum atomic E-state index is 0.717. The molecular weight excluding hydrogens is 198 g/mol. The summed E-state index contributed by atoms with van der Waals surface area (Å²) in [5.74, 6) is 0.717. The summed E-state index contributed by atoms with van der Waals surface area (Å²) in [4.78, 5) is 13.2. The number of hydrogen-bond donors (Lipinski definition) is 0. The Labute approximate surface area is 95.7 Å². The summed E-state index contributed by atoms with van der Waals surface area (Å²) in [6, 6.07) is 1.89. The molecule has 0 saturated heterocycles. The molecule has 2 rings (SSSR count). The minimum Gasteiger partial charge on any atom is -0.250 e. The van der Waals surface area contributed by atoms with E-state index in [4.69, 9.17) is 0 Å². The Kier molecular flexibility index (Phi) is 3.25. The van der Waals surface area contributed by atoms with Crippen molar-refractivity contribution in [1.82, 2.24) is 9.97 Å². The van der Waals surface area contributed by atoms with Crippen LogP contribution < -0.4 is 0 Å². The maximum absolute atomic E-state index is 4.51. The monoisotopic (exact) mass is 213 g/mol. The molecule has 0 spiro atoms. The van der Waals surface area contributed by atoms with Gasteiger partial charge in [0.05, 0.1) is 0 Å². The van der Waals surface area contributed by atoms with Crippen LogP contribution in [-0.4, -0.2) is 15.7 Å². The molecule has 1 aromatic heterocycles. The van der Waals surface area contributed by atoms with Crippen LogP contribution in [0.2, 0.25) is 0 Å². The van der Waals surface area contributed by atoms with Crippen molar-refractivity contribution in [3.8, 4) is 0 Å². The van der Waals surface area contributed by atoms with Gasteiger partial charge in [-0.2, -0.15) is 0 Å². The third-order valence-corrected chi connectivity index (χ3v) is 2.35. The first-order chi connectivity index (χ1) is 7.75. The van der Waals surface area contributed by atoms with E-state index < -0.39 is 0 Å². The highest BCUT2D eigenvalue weighted by molar-refractivity contribution is 5.96. The van der Waals surface area contributed by atoms with Crippen LogP contribution in [-0.2, 0) is 0 Å². The van der Waals surface area contributed by atoms with Crippen LogP contribution in [0.1, 0.15) is 31.3 Å². The van der Waals surface area contributed by atoms with Crippen molar-refractivity contribution in [3.05, 3.63) is 42.0 Å². The Morgan fingerprint density at radius 2 is 2.06 bits per heavy atom. The number of rotatable bonds is 1. The van der Waals surface area contributed by atoms with Crippen molar-refractivity contribution in [3.63, 3.8) is 0 Å². The molecule has 0 aromatic carbocycles. The molecule has 2 heterocycles. The SMILES string of the molecule is CC1=N/C(c2nccc(C)n2)=C\CC/C=C\1. The van der Waals surface area contributed by atoms with Gasteiger partial charge in [-0.15, -0.1) is 0 Å². The molecule has 0 unspecified atom stereocenters. The molecule has 3 nitrogen and oxygen atoms in total. The number of aryl methyl sites for hydroxylation is 1. The molecule has 0 N–H and O–H groups in total. The quantitative estimate of drug-likeness (QED) is 0.719. The highest BCUT2D eigenvalue weighted by Gasteiger charge is 2.04. The summed E-state index contributed by atoms with van der Waals surface area (Å²) in [5, 5.41) is 0. The van der Waals surface area contributed by atoms with Crippen molar-refractivity contribution < 1.29 is 0 Å². The fourth-order valence-corrected chi connectivity index (χ4v) is 1.56. The third kappa shape index (κ3) is 2.63. The fourth-order valence-electron chi connectivity index (χ4n) is 1.56. The van der Waals surface area contributed by atoms with E-state index in [2.05, 4.69) is 27.1 Å². The average Bonchev–Trinajstić information content (AvgIpc) is 2.23. The standard InChI is InChI=1S/C13H15N3/c1-10-6-4-3-5-7-12(15-10)13-14-9-8-11(2)16-13/h4,6-9H,3,5H2,1-2H3/b6-4-,12-7-,15-10-. The summed E-state index contributed by atoms with van der Waals surface area (Å²) >= 11 is 0. The number of allylic oxidation sites excluding steroid dienone is 3. The minimum absolute atomic E-state index is 0.717. The molecule has 0 bridgehead atoms. The van der Waals surface area contributed by atoms with Crippen LogP contribution in [0.15, 0.2) is 35.5 Å². The molecule has 82 valence electrons. The lowest BCUT2D eigenvalue weighted by atomic mass is 10.2. The van der Waals surface area contributed by atoms with E-state index >= 15 is 0 Å². The molecule has 0 aliphatic carbocycles. The number of aliphatic imine (C=N–C) groups is 1. The van der Waals surface area contributed by atoms with E-state index in [1.165, 1.54) is 0 Å². The zero-order valence-corrected chi connectivity index (χ0v) is 9.64. The first-order valence-electron chi connectivity index (χ1n) is 5.48. The van der Waals surface area contributed by atoms with Gasteiger partial charge in [-0.25, -0.2) is 9.97 Å². The Bertz CT molecular complexity index is 470. The lowest BCUT2D eigenvalue weighted by Crippen LogP contribution is -1.97. The van der Waals surface area contributed by atoms with Crippen molar-refractivity contribution >= 4 is 11.4 Å². The van der Waals surface area contributed by atoms with E-state index in [9.17, 15) is 0 Å². The summed E-state index contributed by atoms with van der Waals surface area (Å²) < 4.78 is 0. The summed E-state index contributed by atoms with van der Waals surface area (Å²) in [6.45, 7) is 3.95. The normalized spacial score (nSPS) is 24.6. The smallest absolute Gasteiger partial charge is 0.178 e. The predicted molar refractivity (Wildman–Crippen MR) is 66.2 cm³/mol. The molecule has 1 aromatic rings. The average molecular weight is 213 g/mol. The van der Waals surface area contributed by atoms with E-state index in [1.807, 2.05) is 26.0 Å². The molecule has 1 aliphatic rings. The maximum atomic E-state index is 4.51. The predicted octanol–water partition coefficient (Wildman–Crippen LogP) is 2.94. The molecule has 0 saturated carbocycles. The van der Waals surface area contributed by atoms with Gasteiger partial charge >= 0.3 is 0 Å². The number of hydrogen-bond acceptors (Lipinski definition) is 3. The lowest BCUT2D eigenvalue weighted by Gasteiger charge is -2.04. The van der Waals surface area contributed by atoms with Gasteiger partial charge in [0.15, 0.2) is 5.82 Å². The second-order valence-electron chi connectivity index (χ2n) is 3.84. The van der Waals surface area contributed by atoms with Gasteiger partial charge in [0.25, 0.3) is 0 Å². The Balaban J connectivity index is 2.39. The van der Waals surface area contributed by atoms with Crippen molar-refractivity contribution in [2.45, 2.75) is 26.7 Å². The van der Waals surface area contributed by atoms with Crippen LogP contribution >= 0.6 is 0 Å². The number of aromatic nitrogens is 2. The number of nitrogens with zero attached hydrogens (tertiary/aromatic N) is 3. The molecule has 1 aliphatic heterocycles. The van der Waals surface area contributed by atoms with Gasteiger partial charge in [-0.3, -0.25) is 4.99 Å². The van der Waals surface area contributed by atoms with Crippen molar-refractivity contribution in [2.24, 2.45) is 4.99 Å². The summed E-state index contributed by atoms with van der Waals surface area (Å²) in [5.41, 5.74) is 2.85. The zero-order valence-electron chi connectivity index (χ0n) is 9.64. The Morgan fingerprint density at radius 3 is 2.88 bits per heavy atom. The van der Waals surface area contributed by atoms with Gasteiger partial charge < -0.3 is 0 Å². The molecule has 0 amide bonds. The molecule has 16 heavy (non-hydrogen) atoms. The summed E-state index contributed by atoms with van der Waals surface area (Å²) in [6.07, 6.45) is 10.1. The largest absolute Gasteiger partial charge is 0.250 e. The highest BCUT2D eigenvalue weighted by Crippen LogP contribution is 2.15. The topological polar surface area (TPSA) is 38.1 Å². The molecule has 3 heteroatoms. The first-order valence-corrected chi connectivity index (χ1v) is 5.48. The van der Waals surface area contributed by atoms with Crippen LogP contribution in [0, 0.1) is 6.92 Å². The second-order valence-corrected chi connectivity index (χ2v) is 3.84. The molecule has 0 atom stereocenters. The Morgan fingerprint density at radius 1 is 1.19 bits per heavy atom. The van der Waals surface area contributed by atoms with Gasteiger partial charge in [0.2, 0.25) is 0 Å². The van der Waals surface area contributed by atoms with Crippen LogP contribution in [0.3, 0.4) is 0 Å².